The van der Waals surface area contributed by atoms with E-state index in [-0.39, 0.29) is 5.41 Å². The van der Waals surface area contributed by atoms with Gasteiger partial charge in [0.25, 0.3) is 0 Å². The molecule has 3 nitrogen and oxygen atoms in total. The molecule has 0 amide bonds. The molecule has 0 saturated carbocycles. The number of nitrogens with two attached hydrogens (primary N) is 1. The predicted octanol–water partition coefficient (Wildman–Crippen LogP) is 4.51. The third-order valence-corrected chi connectivity index (χ3v) is 4.94. The maximum absolute atomic E-state index is 5.48. The second-order valence-corrected chi connectivity index (χ2v) is 6.30. The highest BCUT2D eigenvalue weighted by Crippen LogP contribution is 2.50. The lowest BCUT2D eigenvalue weighted by atomic mass is 9.76. The van der Waals surface area contributed by atoms with E-state index in [1.165, 1.54) is 29.6 Å². The zero-order chi connectivity index (χ0) is 18.4. The Kier molecular flexibility index (Phi) is 6.27. The number of benzene rings is 2. The molecule has 0 aromatic heterocycles. The summed E-state index contributed by atoms with van der Waals surface area (Å²) in [6.45, 7) is 7.68. The average molecular weight is 338 g/mol. The van der Waals surface area contributed by atoms with Gasteiger partial charge in [-0.25, -0.2) is 0 Å². The Balaban J connectivity index is 0.00000109. The summed E-state index contributed by atoms with van der Waals surface area (Å²) in [6.07, 6.45) is 3.25. The minimum atomic E-state index is -0.0318. The summed E-state index contributed by atoms with van der Waals surface area (Å²) in [5.41, 5.74) is 9.87. The number of rotatable bonds is 4. The van der Waals surface area contributed by atoms with Gasteiger partial charge >= 0.3 is 0 Å². The van der Waals surface area contributed by atoms with Crippen LogP contribution in [-0.2, 0) is 11.8 Å². The minimum Gasteiger partial charge on any atom is -0.497 e. The molecule has 2 aromatic rings. The van der Waals surface area contributed by atoms with Crippen molar-refractivity contribution in [2.24, 2.45) is 5.73 Å². The number of nitrogens with zero attached hydrogens (tertiary/aromatic N) is 1. The van der Waals surface area contributed by atoms with Crippen molar-refractivity contribution in [3.05, 3.63) is 71.4 Å². The highest BCUT2D eigenvalue weighted by Gasteiger charge is 2.42. The number of allylic oxidation sites excluding steroid dienone is 2. The molecule has 0 saturated heterocycles. The molecule has 1 heterocycles. The van der Waals surface area contributed by atoms with Crippen molar-refractivity contribution in [1.29, 1.82) is 0 Å². The zero-order valence-electron chi connectivity index (χ0n) is 16.0. The SMILES string of the molecule is C/C=C1\N(CC)c2ccc(OC)cc2C1(C)Cc1ccccc1.CN. The maximum Gasteiger partial charge on any atom is 0.119 e. The lowest BCUT2D eigenvalue weighted by Gasteiger charge is -2.30. The molecule has 3 heteroatoms. The van der Waals surface area contributed by atoms with E-state index in [0.29, 0.717) is 0 Å². The predicted molar refractivity (Wildman–Crippen MR) is 107 cm³/mol. The zero-order valence-corrected chi connectivity index (χ0v) is 16.0. The molecule has 1 unspecified atom stereocenters. The molecular formula is C22H30N2O. The van der Waals surface area contributed by atoms with Crippen LogP contribution in [0.3, 0.4) is 0 Å². The van der Waals surface area contributed by atoms with Gasteiger partial charge in [0.05, 0.1) is 7.11 Å². The fourth-order valence-electron chi connectivity index (χ4n) is 3.89. The molecule has 0 aliphatic carbocycles. The molecule has 1 atom stereocenters. The highest BCUT2D eigenvalue weighted by molar-refractivity contribution is 5.72. The quantitative estimate of drug-likeness (QED) is 0.891. The molecule has 1 aliphatic heterocycles. The summed E-state index contributed by atoms with van der Waals surface area (Å²) in [4.78, 5) is 2.43. The normalized spacial score (nSPS) is 20.1. The van der Waals surface area contributed by atoms with Crippen LogP contribution >= 0.6 is 0 Å². The smallest absolute Gasteiger partial charge is 0.119 e. The summed E-state index contributed by atoms with van der Waals surface area (Å²) in [5.74, 6) is 0.927. The van der Waals surface area contributed by atoms with Crippen molar-refractivity contribution in [1.82, 2.24) is 0 Å². The Morgan fingerprint density at radius 3 is 2.36 bits per heavy atom. The van der Waals surface area contributed by atoms with Crippen LogP contribution in [0.2, 0.25) is 0 Å². The standard InChI is InChI=1S/C21H25NO.CH5N/c1-5-20-21(3,15-16-10-8-7-9-11-16)18-14-17(23-4)12-13-19(18)22(20)6-2;1-2/h5,7-14H,6,15H2,1-4H3;2H2,1H3/b20-5-;. The number of anilines is 1. The summed E-state index contributed by atoms with van der Waals surface area (Å²) >= 11 is 0. The summed E-state index contributed by atoms with van der Waals surface area (Å²) in [6, 6.07) is 17.2. The number of hydrogen-bond acceptors (Lipinski definition) is 3. The van der Waals surface area contributed by atoms with Crippen molar-refractivity contribution in [3.8, 4) is 5.75 Å². The van der Waals surface area contributed by atoms with E-state index in [1.54, 1.807) is 7.11 Å². The van der Waals surface area contributed by atoms with E-state index >= 15 is 0 Å². The van der Waals surface area contributed by atoms with Crippen molar-refractivity contribution in [3.63, 3.8) is 0 Å². The monoisotopic (exact) mass is 338 g/mol. The third-order valence-electron chi connectivity index (χ3n) is 4.94. The van der Waals surface area contributed by atoms with E-state index in [4.69, 9.17) is 4.74 Å². The first-order valence-electron chi connectivity index (χ1n) is 8.88. The number of fused-ring (bicyclic) bond motifs is 1. The molecule has 134 valence electrons. The Hall–Kier alpha value is -2.26. The van der Waals surface area contributed by atoms with Gasteiger partial charge in [-0.1, -0.05) is 36.4 Å². The molecule has 25 heavy (non-hydrogen) atoms. The molecule has 2 N–H and O–H groups in total. The molecule has 0 bridgehead atoms. The van der Waals surface area contributed by atoms with Gasteiger partial charge in [-0.2, -0.15) is 0 Å². The fraction of sp³-hybridized carbons (Fsp3) is 0.364. The highest BCUT2D eigenvalue weighted by atomic mass is 16.5. The Bertz CT molecular complexity index is 724. The second kappa shape index (κ2) is 8.21. The summed E-state index contributed by atoms with van der Waals surface area (Å²) in [7, 11) is 3.24. The van der Waals surface area contributed by atoms with Crippen LogP contribution in [0.25, 0.3) is 0 Å². The number of hydrogen-bond donors (Lipinski definition) is 1. The van der Waals surface area contributed by atoms with Crippen LogP contribution < -0.4 is 15.4 Å². The van der Waals surface area contributed by atoms with Crippen molar-refractivity contribution < 1.29 is 4.74 Å². The molecule has 3 rings (SSSR count). The summed E-state index contributed by atoms with van der Waals surface area (Å²) in [5, 5.41) is 0. The average Bonchev–Trinajstić information content (AvgIpc) is 2.91. The van der Waals surface area contributed by atoms with Gasteiger partial charge in [-0.15, -0.1) is 0 Å². The van der Waals surface area contributed by atoms with Gasteiger partial charge in [-0.05, 0) is 63.6 Å². The maximum atomic E-state index is 5.48. The van der Waals surface area contributed by atoms with Crippen molar-refractivity contribution >= 4 is 5.69 Å². The van der Waals surface area contributed by atoms with Gasteiger partial charge in [0.1, 0.15) is 5.75 Å². The van der Waals surface area contributed by atoms with Crippen LogP contribution in [-0.4, -0.2) is 20.7 Å². The molecule has 0 spiro atoms. The van der Waals surface area contributed by atoms with Crippen molar-refractivity contribution in [2.75, 3.05) is 25.6 Å². The van der Waals surface area contributed by atoms with E-state index in [1.807, 2.05) is 0 Å². The fourth-order valence-corrected chi connectivity index (χ4v) is 3.89. The largest absolute Gasteiger partial charge is 0.497 e. The van der Waals surface area contributed by atoms with E-state index in [0.717, 1.165) is 18.7 Å². The Morgan fingerprint density at radius 1 is 1.12 bits per heavy atom. The molecular weight excluding hydrogens is 308 g/mol. The Labute approximate surface area is 152 Å². The Morgan fingerprint density at radius 2 is 1.80 bits per heavy atom. The van der Waals surface area contributed by atoms with Crippen molar-refractivity contribution in [2.45, 2.75) is 32.6 Å². The van der Waals surface area contributed by atoms with Crippen LogP contribution in [0.1, 0.15) is 31.9 Å². The number of ether oxygens (including phenoxy) is 1. The van der Waals surface area contributed by atoms with Gasteiger partial charge in [0.15, 0.2) is 0 Å². The van der Waals surface area contributed by atoms with Crippen LogP contribution in [0.4, 0.5) is 5.69 Å². The number of likely N-dealkylation sites (N-methyl/N-ethyl adjacent to an activating group) is 1. The van der Waals surface area contributed by atoms with Gasteiger partial charge in [-0.3, -0.25) is 0 Å². The lowest BCUT2D eigenvalue weighted by Crippen LogP contribution is -2.30. The van der Waals surface area contributed by atoms with E-state index in [2.05, 4.69) is 86.0 Å². The van der Waals surface area contributed by atoms with E-state index < -0.39 is 0 Å². The topological polar surface area (TPSA) is 38.5 Å². The van der Waals surface area contributed by atoms with Crippen LogP contribution in [0.15, 0.2) is 60.3 Å². The first kappa shape index (κ1) is 19.1. The minimum absolute atomic E-state index is 0.0318. The molecule has 2 aromatic carbocycles. The lowest BCUT2D eigenvalue weighted by molar-refractivity contribution is 0.413. The second-order valence-electron chi connectivity index (χ2n) is 6.30. The molecule has 0 radical (unpaired) electrons. The van der Waals surface area contributed by atoms with Crippen LogP contribution in [0, 0.1) is 0 Å². The van der Waals surface area contributed by atoms with Gasteiger partial charge in [0.2, 0.25) is 0 Å². The third kappa shape index (κ3) is 3.42. The summed E-state index contributed by atoms with van der Waals surface area (Å²) < 4.78 is 5.48. The van der Waals surface area contributed by atoms with Gasteiger partial charge < -0.3 is 15.4 Å². The van der Waals surface area contributed by atoms with Crippen LogP contribution in [0.5, 0.6) is 5.75 Å². The first-order valence-corrected chi connectivity index (χ1v) is 8.88. The molecule has 0 fully saturated rings. The van der Waals surface area contributed by atoms with E-state index in [9.17, 15) is 0 Å². The first-order chi connectivity index (χ1) is 12.1. The number of methoxy groups -OCH3 is 1. The van der Waals surface area contributed by atoms with Gasteiger partial charge in [0, 0.05) is 23.3 Å². The molecule has 1 aliphatic rings.